The van der Waals surface area contributed by atoms with Crippen LogP contribution in [0.1, 0.15) is 41.0 Å². The Hall–Kier alpha value is -1.06. The van der Waals surface area contributed by atoms with Crippen LogP contribution in [0.5, 0.6) is 0 Å². The van der Waals surface area contributed by atoms with Crippen molar-refractivity contribution in [3.63, 3.8) is 0 Å². The van der Waals surface area contributed by atoms with Gasteiger partial charge in [-0.3, -0.25) is 9.59 Å². The molecule has 0 fully saturated rings. The predicted octanol–water partition coefficient (Wildman–Crippen LogP) is 2.32. The third-order valence-electron chi connectivity index (χ3n) is 2.60. The lowest BCUT2D eigenvalue weighted by Gasteiger charge is -2.23. The van der Waals surface area contributed by atoms with E-state index < -0.39 is 17.9 Å². The van der Waals surface area contributed by atoms with Gasteiger partial charge in [0.2, 0.25) is 0 Å². The van der Waals surface area contributed by atoms with Gasteiger partial charge in [0.15, 0.2) is 5.92 Å². The van der Waals surface area contributed by atoms with Crippen molar-refractivity contribution in [2.24, 2.45) is 17.8 Å². The minimum absolute atomic E-state index is 0.201. The van der Waals surface area contributed by atoms with E-state index in [0.29, 0.717) is 6.42 Å². The Kier molecular flexibility index (Phi) is 6.08. The van der Waals surface area contributed by atoms with Crippen LogP contribution in [0.3, 0.4) is 0 Å². The van der Waals surface area contributed by atoms with Crippen molar-refractivity contribution in [3.05, 3.63) is 0 Å². The average molecular weight is 230 g/mol. The lowest BCUT2D eigenvalue weighted by Crippen LogP contribution is -2.34. The number of carboxylic acid groups (broad SMARTS) is 1. The number of aliphatic carboxylic acids is 1. The van der Waals surface area contributed by atoms with Gasteiger partial charge in [-0.15, -0.1) is 0 Å². The molecule has 0 saturated carbocycles. The van der Waals surface area contributed by atoms with E-state index in [4.69, 9.17) is 9.84 Å². The second-order valence-corrected chi connectivity index (χ2v) is 4.69. The number of esters is 1. The van der Waals surface area contributed by atoms with Crippen LogP contribution < -0.4 is 0 Å². The van der Waals surface area contributed by atoms with Crippen LogP contribution in [0.4, 0.5) is 0 Å². The van der Waals surface area contributed by atoms with Gasteiger partial charge in [-0.25, -0.2) is 0 Å². The van der Waals surface area contributed by atoms with E-state index in [0.717, 1.165) is 0 Å². The zero-order chi connectivity index (χ0) is 12.9. The van der Waals surface area contributed by atoms with Crippen LogP contribution in [-0.2, 0) is 14.3 Å². The lowest BCUT2D eigenvalue weighted by molar-refractivity contribution is -0.166. The standard InChI is InChI=1S/C12H22O4/c1-6-9(7(2)3)16-12(15)10(8(4)5)11(13)14/h7-10H,6H2,1-5H3,(H,13,14). The minimum Gasteiger partial charge on any atom is -0.481 e. The minimum atomic E-state index is -1.11. The van der Waals surface area contributed by atoms with Crippen molar-refractivity contribution in [1.29, 1.82) is 0 Å². The van der Waals surface area contributed by atoms with E-state index in [9.17, 15) is 9.59 Å². The first-order valence-electron chi connectivity index (χ1n) is 5.74. The van der Waals surface area contributed by atoms with Crippen LogP contribution >= 0.6 is 0 Å². The van der Waals surface area contributed by atoms with E-state index in [-0.39, 0.29) is 17.9 Å². The number of hydrogen-bond donors (Lipinski definition) is 1. The molecule has 2 atom stereocenters. The van der Waals surface area contributed by atoms with Crippen LogP contribution in [0.2, 0.25) is 0 Å². The Bertz CT molecular complexity index is 245. The van der Waals surface area contributed by atoms with Crippen molar-refractivity contribution < 1.29 is 19.4 Å². The molecule has 4 heteroatoms. The lowest BCUT2D eigenvalue weighted by atomic mass is 9.96. The number of ether oxygens (including phenoxy) is 1. The molecule has 1 N–H and O–H groups in total. The summed E-state index contributed by atoms with van der Waals surface area (Å²) in [4.78, 5) is 22.6. The highest BCUT2D eigenvalue weighted by atomic mass is 16.5. The molecular weight excluding hydrogens is 208 g/mol. The summed E-state index contributed by atoms with van der Waals surface area (Å²) in [5.41, 5.74) is 0. The predicted molar refractivity (Wildman–Crippen MR) is 61.0 cm³/mol. The molecule has 0 spiro atoms. The van der Waals surface area contributed by atoms with Crippen molar-refractivity contribution >= 4 is 11.9 Å². The van der Waals surface area contributed by atoms with E-state index in [2.05, 4.69) is 0 Å². The van der Waals surface area contributed by atoms with Gasteiger partial charge < -0.3 is 9.84 Å². The summed E-state index contributed by atoms with van der Waals surface area (Å²) < 4.78 is 5.23. The molecule has 0 rings (SSSR count). The van der Waals surface area contributed by atoms with Gasteiger partial charge in [-0.2, -0.15) is 0 Å². The monoisotopic (exact) mass is 230 g/mol. The van der Waals surface area contributed by atoms with E-state index in [1.807, 2.05) is 20.8 Å². The molecular formula is C12H22O4. The zero-order valence-electron chi connectivity index (χ0n) is 10.7. The SMILES string of the molecule is CCC(OC(=O)C(C(=O)O)C(C)C)C(C)C. The third kappa shape index (κ3) is 4.21. The fourth-order valence-corrected chi connectivity index (χ4v) is 1.57. The molecule has 0 aromatic carbocycles. The summed E-state index contributed by atoms with van der Waals surface area (Å²) in [5.74, 6) is -2.85. The molecule has 4 nitrogen and oxygen atoms in total. The molecule has 0 saturated heterocycles. The topological polar surface area (TPSA) is 63.6 Å². The quantitative estimate of drug-likeness (QED) is 0.562. The number of carbonyl (C=O) groups excluding carboxylic acids is 1. The maximum Gasteiger partial charge on any atom is 0.320 e. The molecule has 0 heterocycles. The molecule has 0 amide bonds. The van der Waals surface area contributed by atoms with Crippen LogP contribution in [-0.4, -0.2) is 23.1 Å². The highest BCUT2D eigenvalue weighted by molar-refractivity contribution is 5.94. The van der Waals surface area contributed by atoms with Crippen LogP contribution in [0.25, 0.3) is 0 Å². The first kappa shape index (κ1) is 14.9. The van der Waals surface area contributed by atoms with Gasteiger partial charge in [0.05, 0.1) is 0 Å². The van der Waals surface area contributed by atoms with Crippen molar-refractivity contribution in [2.75, 3.05) is 0 Å². The van der Waals surface area contributed by atoms with Crippen LogP contribution in [0.15, 0.2) is 0 Å². The van der Waals surface area contributed by atoms with E-state index in [1.54, 1.807) is 13.8 Å². The van der Waals surface area contributed by atoms with Crippen LogP contribution in [0, 0.1) is 17.8 Å². The highest BCUT2D eigenvalue weighted by Crippen LogP contribution is 2.18. The van der Waals surface area contributed by atoms with Gasteiger partial charge in [0.25, 0.3) is 0 Å². The Morgan fingerprint density at radius 3 is 1.88 bits per heavy atom. The summed E-state index contributed by atoms with van der Waals surface area (Å²) in [6.07, 6.45) is 0.501. The first-order chi connectivity index (χ1) is 7.31. The number of carboxylic acids is 1. The number of rotatable bonds is 6. The zero-order valence-corrected chi connectivity index (χ0v) is 10.7. The van der Waals surface area contributed by atoms with E-state index in [1.165, 1.54) is 0 Å². The number of carbonyl (C=O) groups is 2. The maximum absolute atomic E-state index is 11.7. The van der Waals surface area contributed by atoms with Gasteiger partial charge in [0.1, 0.15) is 6.10 Å². The van der Waals surface area contributed by atoms with Gasteiger partial charge in [-0.05, 0) is 18.3 Å². The average Bonchev–Trinajstić information content (AvgIpc) is 2.12. The normalized spacial score (nSPS) is 14.9. The molecule has 0 aliphatic carbocycles. The molecule has 2 unspecified atom stereocenters. The summed E-state index contributed by atoms with van der Waals surface area (Å²) in [7, 11) is 0. The Balaban J connectivity index is 4.58. The van der Waals surface area contributed by atoms with Crippen molar-refractivity contribution in [2.45, 2.75) is 47.1 Å². The molecule has 0 aromatic heterocycles. The summed E-state index contributed by atoms with van der Waals surface area (Å²) in [5, 5.41) is 8.94. The molecule has 94 valence electrons. The van der Waals surface area contributed by atoms with E-state index >= 15 is 0 Å². The van der Waals surface area contributed by atoms with Gasteiger partial charge in [-0.1, -0.05) is 34.6 Å². The Labute approximate surface area is 97.0 Å². The maximum atomic E-state index is 11.7. The second kappa shape index (κ2) is 6.51. The summed E-state index contributed by atoms with van der Waals surface area (Å²) in [6, 6.07) is 0. The highest BCUT2D eigenvalue weighted by Gasteiger charge is 2.32. The Morgan fingerprint density at radius 2 is 1.62 bits per heavy atom. The molecule has 0 radical (unpaired) electrons. The molecule has 0 aliphatic rings. The smallest absolute Gasteiger partial charge is 0.320 e. The second-order valence-electron chi connectivity index (χ2n) is 4.69. The van der Waals surface area contributed by atoms with Gasteiger partial charge in [0, 0.05) is 0 Å². The van der Waals surface area contributed by atoms with Crippen molar-refractivity contribution in [1.82, 2.24) is 0 Å². The third-order valence-corrected chi connectivity index (χ3v) is 2.60. The molecule has 0 bridgehead atoms. The largest absolute Gasteiger partial charge is 0.481 e. The van der Waals surface area contributed by atoms with Crippen molar-refractivity contribution in [3.8, 4) is 0 Å². The molecule has 0 aromatic rings. The summed E-state index contributed by atoms with van der Waals surface area (Å²) in [6.45, 7) is 9.23. The fourth-order valence-electron chi connectivity index (χ4n) is 1.57. The molecule has 0 aliphatic heterocycles. The van der Waals surface area contributed by atoms with Gasteiger partial charge >= 0.3 is 11.9 Å². The fraction of sp³-hybridized carbons (Fsp3) is 0.833. The summed E-state index contributed by atoms with van der Waals surface area (Å²) >= 11 is 0. The first-order valence-corrected chi connectivity index (χ1v) is 5.74. The molecule has 16 heavy (non-hydrogen) atoms. The Morgan fingerprint density at radius 1 is 1.12 bits per heavy atom. The number of hydrogen-bond acceptors (Lipinski definition) is 3.